The van der Waals surface area contributed by atoms with Crippen LogP contribution in [0.3, 0.4) is 0 Å². The molecule has 0 atom stereocenters. The number of pyridine rings is 1. The molecule has 1 aliphatic carbocycles. The lowest BCUT2D eigenvalue weighted by atomic mass is 9.91. The fourth-order valence-electron chi connectivity index (χ4n) is 3.47. The van der Waals surface area contributed by atoms with Gasteiger partial charge >= 0.3 is 0 Å². The maximum Gasteiger partial charge on any atom is 0.123 e. The van der Waals surface area contributed by atoms with Crippen molar-refractivity contribution in [2.24, 2.45) is 0 Å². The molecule has 3 rings (SSSR count). The van der Waals surface area contributed by atoms with Crippen molar-refractivity contribution in [3.63, 3.8) is 0 Å². The van der Waals surface area contributed by atoms with Gasteiger partial charge in [-0.1, -0.05) is 12.1 Å². The summed E-state index contributed by atoms with van der Waals surface area (Å²) in [7, 11) is 3.80. The molecular formula is C20H29Cl2N3O. The normalized spacial score (nSPS) is 19.2. The molecule has 2 aromatic rings. The summed E-state index contributed by atoms with van der Waals surface area (Å²) in [4.78, 5) is 4.22. The lowest BCUT2D eigenvalue weighted by Crippen LogP contribution is -2.38. The summed E-state index contributed by atoms with van der Waals surface area (Å²) in [5.74, 6) is 0.944. The van der Waals surface area contributed by atoms with Crippen molar-refractivity contribution in [2.45, 2.75) is 44.3 Å². The van der Waals surface area contributed by atoms with Crippen LogP contribution in [0.5, 0.6) is 5.75 Å². The van der Waals surface area contributed by atoms with E-state index in [0.29, 0.717) is 12.1 Å². The quantitative estimate of drug-likeness (QED) is 0.765. The first-order chi connectivity index (χ1) is 11.8. The van der Waals surface area contributed by atoms with Crippen molar-refractivity contribution in [1.82, 2.24) is 15.6 Å². The molecule has 1 aliphatic rings. The van der Waals surface area contributed by atoms with Crippen molar-refractivity contribution in [2.75, 3.05) is 14.2 Å². The Labute approximate surface area is 169 Å². The largest absolute Gasteiger partial charge is 0.496 e. The number of ether oxygens (including phenoxy) is 1. The van der Waals surface area contributed by atoms with Gasteiger partial charge in [0.15, 0.2) is 0 Å². The van der Waals surface area contributed by atoms with E-state index in [0.717, 1.165) is 17.9 Å². The predicted molar refractivity (Wildman–Crippen MR) is 113 cm³/mol. The topological polar surface area (TPSA) is 46.2 Å². The summed E-state index contributed by atoms with van der Waals surface area (Å²) < 4.78 is 5.54. The van der Waals surface area contributed by atoms with Crippen molar-refractivity contribution in [3.8, 4) is 16.9 Å². The van der Waals surface area contributed by atoms with Crippen molar-refractivity contribution in [3.05, 3.63) is 48.3 Å². The standard InChI is InChI=1S/C20H27N3O.2ClH/c1-21-18-6-8-19(9-7-18)23-14-17-12-15(5-10-20(17)24-2)16-4-3-11-22-13-16;;/h3-5,10-13,18-19,21,23H,6-9,14H2,1-2H3;2*1H. The van der Waals surface area contributed by atoms with E-state index < -0.39 is 0 Å². The average Bonchev–Trinajstić information content (AvgIpc) is 2.67. The molecule has 2 N–H and O–H groups in total. The van der Waals surface area contributed by atoms with Crippen LogP contribution in [0.25, 0.3) is 11.1 Å². The fraction of sp³-hybridized carbons (Fsp3) is 0.450. The predicted octanol–water partition coefficient (Wildman–Crippen LogP) is 4.22. The molecule has 0 aliphatic heterocycles. The SMILES string of the molecule is CNC1CCC(NCc2cc(-c3cccnc3)ccc2OC)CC1.Cl.Cl. The molecule has 26 heavy (non-hydrogen) atoms. The second kappa shape index (κ2) is 11.4. The molecular weight excluding hydrogens is 369 g/mol. The molecule has 1 aromatic carbocycles. The molecule has 1 fully saturated rings. The van der Waals surface area contributed by atoms with Crippen LogP contribution in [0, 0.1) is 0 Å². The third kappa shape index (κ3) is 5.85. The monoisotopic (exact) mass is 397 g/mol. The van der Waals surface area contributed by atoms with E-state index in [1.807, 2.05) is 12.3 Å². The van der Waals surface area contributed by atoms with E-state index in [1.165, 1.54) is 36.8 Å². The molecule has 0 radical (unpaired) electrons. The van der Waals surface area contributed by atoms with Crippen molar-refractivity contribution in [1.29, 1.82) is 0 Å². The van der Waals surface area contributed by atoms with E-state index >= 15 is 0 Å². The van der Waals surface area contributed by atoms with E-state index in [9.17, 15) is 0 Å². The Morgan fingerprint density at radius 2 is 1.77 bits per heavy atom. The van der Waals surface area contributed by atoms with Gasteiger partial charge < -0.3 is 15.4 Å². The van der Waals surface area contributed by atoms with Gasteiger partial charge in [-0.3, -0.25) is 4.98 Å². The zero-order valence-electron chi connectivity index (χ0n) is 15.4. The second-order valence-corrected chi connectivity index (χ2v) is 6.49. The summed E-state index contributed by atoms with van der Waals surface area (Å²) in [5.41, 5.74) is 3.52. The molecule has 0 spiro atoms. The highest BCUT2D eigenvalue weighted by Gasteiger charge is 2.19. The van der Waals surface area contributed by atoms with Gasteiger partial charge in [-0.2, -0.15) is 0 Å². The Morgan fingerprint density at radius 3 is 2.38 bits per heavy atom. The van der Waals surface area contributed by atoms with Gasteiger partial charge in [-0.15, -0.1) is 24.8 Å². The number of aromatic nitrogens is 1. The maximum atomic E-state index is 5.54. The Bertz CT molecular complexity index is 647. The van der Waals surface area contributed by atoms with Crippen LogP contribution >= 0.6 is 24.8 Å². The molecule has 0 bridgehead atoms. The highest BCUT2D eigenvalue weighted by Crippen LogP contribution is 2.27. The summed E-state index contributed by atoms with van der Waals surface area (Å²) >= 11 is 0. The lowest BCUT2D eigenvalue weighted by molar-refractivity contribution is 0.315. The van der Waals surface area contributed by atoms with Crippen LogP contribution in [0.2, 0.25) is 0 Å². The molecule has 1 saturated carbocycles. The molecule has 0 amide bonds. The van der Waals surface area contributed by atoms with Crippen molar-refractivity contribution < 1.29 is 4.74 Å². The molecule has 144 valence electrons. The number of rotatable bonds is 6. The number of benzene rings is 1. The van der Waals surface area contributed by atoms with E-state index in [2.05, 4.69) is 46.9 Å². The summed E-state index contributed by atoms with van der Waals surface area (Å²) in [6.07, 6.45) is 8.67. The zero-order chi connectivity index (χ0) is 16.8. The average molecular weight is 398 g/mol. The Kier molecular flexibility index (Phi) is 9.96. The minimum atomic E-state index is 0. The van der Waals surface area contributed by atoms with Crippen molar-refractivity contribution >= 4 is 24.8 Å². The third-order valence-corrected chi connectivity index (χ3v) is 4.99. The van der Waals surface area contributed by atoms with Crippen LogP contribution in [0.4, 0.5) is 0 Å². The summed E-state index contributed by atoms with van der Waals surface area (Å²) in [6, 6.07) is 11.7. The van der Waals surface area contributed by atoms with Gasteiger partial charge in [0.25, 0.3) is 0 Å². The molecule has 1 heterocycles. The van der Waals surface area contributed by atoms with E-state index in [-0.39, 0.29) is 24.8 Å². The third-order valence-electron chi connectivity index (χ3n) is 4.99. The fourth-order valence-corrected chi connectivity index (χ4v) is 3.47. The maximum absolute atomic E-state index is 5.54. The minimum absolute atomic E-state index is 0. The number of hydrogen-bond acceptors (Lipinski definition) is 4. The molecule has 0 unspecified atom stereocenters. The van der Waals surface area contributed by atoms with Gasteiger partial charge in [-0.25, -0.2) is 0 Å². The smallest absolute Gasteiger partial charge is 0.123 e. The van der Waals surface area contributed by atoms with Gasteiger partial charge in [0, 0.05) is 42.1 Å². The first-order valence-electron chi connectivity index (χ1n) is 8.78. The zero-order valence-corrected chi connectivity index (χ0v) is 17.0. The van der Waals surface area contributed by atoms with Crippen LogP contribution in [0.15, 0.2) is 42.7 Å². The second-order valence-electron chi connectivity index (χ2n) is 6.49. The lowest BCUT2D eigenvalue weighted by Gasteiger charge is -2.29. The van der Waals surface area contributed by atoms with E-state index in [1.54, 1.807) is 13.3 Å². The highest BCUT2D eigenvalue weighted by atomic mass is 35.5. The van der Waals surface area contributed by atoms with Crippen LogP contribution < -0.4 is 15.4 Å². The van der Waals surface area contributed by atoms with E-state index in [4.69, 9.17) is 4.74 Å². The van der Waals surface area contributed by atoms with Crippen LogP contribution in [-0.4, -0.2) is 31.2 Å². The summed E-state index contributed by atoms with van der Waals surface area (Å²) in [6.45, 7) is 0.839. The first-order valence-corrected chi connectivity index (χ1v) is 8.78. The first kappa shape index (κ1) is 22.7. The highest BCUT2D eigenvalue weighted by molar-refractivity contribution is 5.85. The van der Waals surface area contributed by atoms with Gasteiger partial charge in [0.2, 0.25) is 0 Å². The van der Waals surface area contributed by atoms with Gasteiger partial charge in [0.1, 0.15) is 5.75 Å². The Hall–Kier alpha value is -1.33. The molecule has 0 saturated heterocycles. The molecule has 6 heteroatoms. The summed E-state index contributed by atoms with van der Waals surface area (Å²) in [5, 5.41) is 7.10. The van der Waals surface area contributed by atoms with Crippen LogP contribution in [-0.2, 0) is 6.54 Å². The van der Waals surface area contributed by atoms with Gasteiger partial charge in [-0.05, 0) is 56.5 Å². The van der Waals surface area contributed by atoms with Gasteiger partial charge in [0.05, 0.1) is 7.11 Å². The minimum Gasteiger partial charge on any atom is -0.496 e. The molecule has 4 nitrogen and oxygen atoms in total. The number of halogens is 2. The molecule has 1 aromatic heterocycles. The number of nitrogens with zero attached hydrogens (tertiary/aromatic N) is 1. The Balaban J connectivity index is 0.00000169. The van der Waals surface area contributed by atoms with Crippen LogP contribution in [0.1, 0.15) is 31.2 Å². The number of nitrogens with one attached hydrogen (secondary N) is 2. The number of methoxy groups -OCH3 is 1. The Morgan fingerprint density at radius 1 is 1.04 bits per heavy atom. The number of hydrogen-bond donors (Lipinski definition) is 2.